The molecule has 1 aliphatic rings. The summed E-state index contributed by atoms with van der Waals surface area (Å²) in [5.41, 5.74) is 5.99. The lowest BCUT2D eigenvalue weighted by atomic mass is 10.1. The molecule has 1 aromatic rings. The molecule has 1 aliphatic heterocycles. The van der Waals surface area contributed by atoms with Crippen molar-refractivity contribution in [3.05, 3.63) is 35.6 Å². The number of nitrogens with two attached hydrogens (primary N) is 1. The Labute approximate surface area is 99.6 Å². The van der Waals surface area contributed by atoms with E-state index in [4.69, 9.17) is 5.73 Å². The van der Waals surface area contributed by atoms with Crippen LogP contribution in [0.5, 0.6) is 0 Å². The SMILES string of the molecule is NCCCN1C(=O)NCC1c1ccccc1F. The van der Waals surface area contributed by atoms with E-state index in [0.717, 1.165) is 6.42 Å². The Morgan fingerprint density at radius 1 is 1.47 bits per heavy atom. The fourth-order valence-electron chi connectivity index (χ4n) is 2.08. The Hall–Kier alpha value is -1.62. The van der Waals surface area contributed by atoms with Crippen LogP contribution in [-0.4, -0.2) is 30.6 Å². The molecule has 17 heavy (non-hydrogen) atoms. The van der Waals surface area contributed by atoms with Gasteiger partial charge in [-0.2, -0.15) is 0 Å². The summed E-state index contributed by atoms with van der Waals surface area (Å²) >= 11 is 0. The average molecular weight is 237 g/mol. The highest BCUT2D eigenvalue weighted by molar-refractivity contribution is 5.77. The normalized spacial score (nSPS) is 19.5. The van der Waals surface area contributed by atoms with Crippen molar-refractivity contribution >= 4 is 6.03 Å². The predicted molar refractivity (Wildman–Crippen MR) is 62.9 cm³/mol. The fraction of sp³-hybridized carbons (Fsp3) is 0.417. The summed E-state index contributed by atoms with van der Waals surface area (Å²) in [6.07, 6.45) is 0.721. The van der Waals surface area contributed by atoms with Gasteiger partial charge in [0, 0.05) is 18.7 Å². The van der Waals surface area contributed by atoms with Gasteiger partial charge in [0.05, 0.1) is 6.04 Å². The topological polar surface area (TPSA) is 58.4 Å². The molecule has 0 spiro atoms. The zero-order valence-electron chi connectivity index (χ0n) is 9.53. The van der Waals surface area contributed by atoms with Gasteiger partial charge in [0.25, 0.3) is 0 Å². The molecule has 92 valence electrons. The maximum absolute atomic E-state index is 13.7. The first-order valence-electron chi connectivity index (χ1n) is 5.73. The number of carbonyl (C=O) groups excluding carboxylic acids is 1. The Kier molecular flexibility index (Phi) is 3.58. The summed E-state index contributed by atoms with van der Waals surface area (Å²) in [4.78, 5) is 13.3. The Morgan fingerprint density at radius 3 is 2.94 bits per heavy atom. The van der Waals surface area contributed by atoms with Crippen molar-refractivity contribution in [2.75, 3.05) is 19.6 Å². The van der Waals surface area contributed by atoms with Gasteiger partial charge in [-0.05, 0) is 19.0 Å². The third-order valence-electron chi connectivity index (χ3n) is 2.95. The van der Waals surface area contributed by atoms with Crippen molar-refractivity contribution in [2.24, 2.45) is 5.73 Å². The Morgan fingerprint density at radius 2 is 2.24 bits per heavy atom. The molecule has 1 fully saturated rings. The second-order valence-electron chi connectivity index (χ2n) is 4.06. The molecule has 0 saturated carbocycles. The number of rotatable bonds is 4. The standard InChI is InChI=1S/C12H16FN3O/c13-10-5-2-1-4-9(10)11-8-15-12(17)16(11)7-3-6-14/h1-2,4-5,11H,3,6-8,14H2,(H,15,17). The van der Waals surface area contributed by atoms with E-state index < -0.39 is 0 Å². The highest BCUT2D eigenvalue weighted by Gasteiger charge is 2.32. The zero-order valence-corrected chi connectivity index (χ0v) is 9.53. The van der Waals surface area contributed by atoms with Crippen molar-refractivity contribution < 1.29 is 9.18 Å². The van der Waals surface area contributed by atoms with Gasteiger partial charge >= 0.3 is 6.03 Å². The molecule has 2 rings (SSSR count). The lowest BCUT2D eigenvalue weighted by Crippen LogP contribution is -2.32. The van der Waals surface area contributed by atoms with Crippen LogP contribution in [0.1, 0.15) is 18.0 Å². The molecule has 4 nitrogen and oxygen atoms in total. The highest BCUT2D eigenvalue weighted by atomic mass is 19.1. The van der Waals surface area contributed by atoms with Crippen LogP contribution in [0.15, 0.2) is 24.3 Å². The van der Waals surface area contributed by atoms with E-state index in [0.29, 0.717) is 25.2 Å². The number of nitrogens with one attached hydrogen (secondary N) is 1. The van der Waals surface area contributed by atoms with Crippen molar-refractivity contribution in [3.63, 3.8) is 0 Å². The molecule has 0 bridgehead atoms. The third kappa shape index (κ3) is 2.39. The van der Waals surface area contributed by atoms with Gasteiger partial charge in [-0.1, -0.05) is 18.2 Å². The summed E-state index contributed by atoms with van der Waals surface area (Å²) in [5.74, 6) is -0.272. The van der Waals surface area contributed by atoms with Crippen LogP contribution in [0.25, 0.3) is 0 Å². The molecule has 1 atom stereocenters. The van der Waals surface area contributed by atoms with Gasteiger partial charge in [0.1, 0.15) is 5.82 Å². The molecule has 0 aromatic heterocycles. The molecule has 0 aliphatic carbocycles. The molecule has 1 saturated heterocycles. The largest absolute Gasteiger partial charge is 0.336 e. The number of urea groups is 1. The Bertz CT molecular complexity index is 410. The first-order chi connectivity index (χ1) is 8.24. The van der Waals surface area contributed by atoms with Crippen molar-refractivity contribution in [3.8, 4) is 0 Å². The van der Waals surface area contributed by atoms with Gasteiger partial charge in [-0.25, -0.2) is 9.18 Å². The fourth-order valence-corrected chi connectivity index (χ4v) is 2.08. The second kappa shape index (κ2) is 5.14. The molecular formula is C12H16FN3O. The van der Waals surface area contributed by atoms with Gasteiger partial charge in [0.15, 0.2) is 0 Å². The van der Waals surface area contributed by atoms with E-state index in [9.17, 15) is 9.18 Å². The van der Waals surface area contributed by atoms with Crippen LogP contribution in [0.4, 0.5) is 9.18 Å². The van der Waals surface area contributed by atoms with E-state index in [-0.39, 0.29) is 17.9 Å². The molecule has 3 N–H and O–H groups in total. The lowest BCUT2D eigenvalue weighted by molar-refractivity contribution is 0.203. The molecule has 1 aromatic carbocycles. The number of hydrogen-bond acceptors (Lipinski definition) is 2. The summed E-state index contributed by atoms with van der Waals surface area (Å²) in [7, 11) is 0. The lowest BCUT2D eigenvalue weighted by Gasteiger charge is -2.23. The number of hydrogen-bond donors (Lipinski definition) is 2. The summed E-state index contributed by atoms with van der Waals surface area (Å²) in [6.45, 7) is 1.53. The number of halogens is 1. The maximum atomic E-state index is 13.7. The highest BCUT2D eigenvalue weighted by Crippen LogP contribution is 2.26. The summed E-state index contributed by atoms with van der Waals surface area (Å²) < 4.78 is 13.7. The monoisotopic (exact) mass is 237 g/mol. The third-order valence-corrected chi connectivity index (χ3v) is 2.95. The van der Waals surface area contributed by atoms with Crippen molar-refractivity contribution in [2.45, 2.75) is 12.5 Å². The Balaban J connectivity index is 2.19. The second-order valence-corrected chi connectivity index (χ2v) is 4.06. The smallest absolute Gasteiger partial charge is 0.318 e. The maximum Gasteiger partial charge on any atom is 0.318 e. The van der Waals surface area contributed by atoms with E-state index in [1.807, 2.05) is 0 Å². The van der Waals surface area contributed by atoms with Crippen LogP contribution >= 0.6 is 0 Å². The summed E-state index contributed by atoms with van der Waals surface area (Å²) in [6, 6.07) is 6.19. The molecule has 2 amide bonds. The molecule has 1 heterocycles. The summed E-state index contributed by atoms with van der Waals surface area (Å²) in [5, 5.41) is 2.73. The minimum atomic E-state index is -0.272. The minimum Gasteiger partial charge on any atom is -0.336 e. The number of carbonyl (C=O) groups is 1. The predicted octanol–water partition coefficient (Wildman–Crippen LogP) is 1.24. The quantitative estimate of drug-likeness (QED) is 0.827. The van der Waals surface area contributed by atoms with Gasteiger partial charge in [0.2, 0.25) is 0 Å². The van der Waals surface area contributed by atoms with Crippen molar-refractivity contribution in [1.29, 1.82) is 0 Å². The van der Waals surface area contributed by atoms with Crippen LogP contribution in [0.3, 0.4) is 0 Å². The molecular weight excluding hydrogens is 221 g/mol. The number of amides is 2. The first kappa shape index (κ1) is 11.9. The van der Waals surface area contributed by atoms with E-state index >= 15 is 0 Å². The van der Waals surface area contributed by atoms with Gasteiger partial charge in [-0.3, -0.25) is 0 Å². The molecule has 1 unspecified atom stereocenters. The number of nitrogens with zero attached hydrogens (tertiary/aromatic N) is 1. The molecule has 0 radical (unpaired) electrons. The van der Waals surface area contributed by atoms with Gasteiger partial charge in [-0.15, -0.1) is 0 Å². The first-order valence-corrected chi connectivity index (χ1v) is 5.73. The van der Waals surface area contributed by atoms with Crippen molar-refractivity contribution in [1.82, 2.24) is 10.2 Å². The molecule has 5 heteroatoms. The van der Waals surface area contributed by atoms with E-state index in [1.54, 1.807) is 23.1 Å². The van der Waals surface area contributed by atoms with Crippen LogP contribution in [0, 0.1) is 5.82 Å². The van der Waals surface area contributed by atoms with E-state index in [2.05, 4.69) is 5.32 Å². The van der Waals surface area contributed by atoms with Crippen LogP contribution < -0.4 is 11.1 Å². The average Bonchev–Trinajstić information content (AvgIpc) is 2.69. The zero-order chi connectivity index (χ0) is 12.3. The van der Waals surface area contributed by atoms with Gasteiger partial charge < -0.3 is 16.0 Å². The number of benzene rings is 1. The minimum absolute atomic E-state index is 0.147. The van der Waals surface area contributed by atoms with Crippen LogP contribution in [0.2, 0.25) is 0 Å². The van der Waals surface area contributed by atoms with E-state index in [1.165, 1.54) is 6.07 Å². The van der Waals surface area contributed by atoms with Crippen LogP contribution in [-0.2, 0) is 0 Å².